The molecule has 1 atom stereocenters. The first-order chi connectivity index (χ1) is 7.11. The zero-order chi connectivity index (χ0) is 11.3. The molecule has 4 heteroatoms. The molecule has 84 valence electrons. The van der Waals surface area contributed by atoms with Crippen molar-refractivity contribution >= 4 is 11.6 Å². The Morgan fingerprint density at radius 1 is 1.47 bits per heavy atom. The third-order valence-corrected chi connectivity index (χ3v) is 2.43. The van der Waals surface area contributed by atoms with E-state index in [0.717, 1.165) is 5.56 Å². The minimum absolute atomic E-state index is 0.128. The van der Waals surface area contributed by atoms with Crippen molar-refractivity contribution < 1.29 is 10.2 Å². The molecule has 1 aromatic rings. The zero-order valence-electron chi connectivity index (χ0n) is 8.70. The van der Waals surface area contributed by atoms with Gasteiger partial charge in [0.1, 0.15) is 5.75 Å². The Hall–Kier alpha value is -0.770. The van der Waals surface area contributed by atoms with Gasteiger partial charge in [-0.3, -0.25) is 0 Å². The summed E-state index contributed by atoms with van der Waals surface area (Å²) in [5.41, 5.74) is 0.771. The first-order valence-corrected chi connectivity index (χ1v) is 5.34. The fourth-order valence-electron chi connectivity index (χ4n) is 1.24. The van der Waals surface area contributed by atoms with Gasteiger partial charge in [-0.15, -0.1) is 0 Å². The Labute approximate surface area is 94.7 Å². The number of aliphatic hydroxyl groups is 1. The molecule has 1 aromatic carbocycles. The van der Waals surface area contributed by atoms with Gasteiger partial charge < -0.3 is 15.5 Å². The minimum atomic E-state index is -0.301. The minimum Gasteiger partial charge on any atom is -0.506 e. The van der Waals surface area contributed by atoms with Crippen LogP contribution in [-0.2, 0) is 6.54 Å². The molecule has 0 aliphatic heterocycles. The van der Waals surface area contributed by atoms with Crippen LogP contribution in [0.4, 0.5) is 0 Å². The summed E-state index contributed by atoms with van der Waals surface area (Å²) in [6.45, 7) is 3.02. The summed E-state index contributed by atoms with van der Waals surface area (Å²) in [6, 6.07) is 5.26. The summed E-state index contributed by atoms with van der Waals surface area (Å²) in [5.74, 6) is 0.128. The van der Waals surface area contributed by atoms with Crippen LogP contribution in [0.25, 0.3) is 0 Å². The van der Waals surface area contributed by atoms with Crippen molar-refractivity contribution in [2.45, 2.75) is 26.0 Å². The Balaban J connectivity index is 2.41. The number of benzene rings is 1. The quantitative estimate of drug-likeness (QED) is 0.676. The molecule has 0 saturated carbocycles. The summed E-state index contributed by atoms with van der Waals surface area (Å²) in [6.07, 6.45) is 0.395. The van der Waals surface area contributed by atoms with E-state index in [1.54, 1.807) is 19.1 Å². The van der Waals surface area contributed by atoms with Gasteiger partial charge in [-0.05, 0) is 26.0 Å². The number of aromatic hydroxyl groups is 1. The van der Waals surface area contributed by atoms with Crippen LogP contribution in [0.5, 0.6) is 5.75 Å². The van der Waals surface area contributed by atoms with E-state index in [2.05, 4.69) is 5.32 Å². The number of phenols is 1. The van der Waals surface area contributed by atoms with Crippen molar-refractivity contribution in [1.82, 2.24) is 5.32 Å². The smallest absolute Gasteiger partial charge is 0.138 e. The number of rotatable bonds is 5. The molecule has 3 nitrogen and oxygen atoms in total. The van der Waals surface area contributed by atoms with Crippen molar-refractivity contribution in [3.05, 3.63) is 28.8 Å². The Morgan fingerprint density at radius 2 is 2.20 bits per heavy atom. The first kappa shape index (κ1) is 12.3. The van der Waals surface area contributed by atoms with Crippen molar-refractivity contribution in [2.24, 2.45) is 0 Å². The molecule has 0 heterocycles. The topological polar surface area (TPSA) is 52.5 Å². The molecule has 3 N–H and O–H groups in total. The van der Waals surface area contributed by atoms with E-state index in [0.29, 0.717) is 24.5 Å². The van der Waals surface area contributed by atoms with E-state index in [9.17, 15) is 5.11 Å². The fraction of sp³-hybridized carbons (Fsp3) is 0.455. The molecule has 0 fully saturated rings. The summed E-state index contributed by atoms with van der Waals surface area (Å²) in [4.78, 5) is 0. The van der Waals surface area contributed by atoms with Crippen molar-refractivity contribution in [3.63, 3.8) is 0 Å². The predicted octanol–water partition coefficient (Wildman–Crippen LogP) is 1.91. The van der Waals surface area contributed by atoms with E-state index < -0.39 is 0 Å². The van der Waals surface area contributed by atoms with Crippen LogP contribution in [0.3, 0.4) is 0 Å². The largest absolute Gasteiger partial charge is 0.506 e. The molecule has 1 rings (SSSR count). The van der Waals surface area contributed by atoms with Gasteiger partial charge in [-0.1, -0.05) is 23.7 Å². The molecule has 15 heavy (non-hydrogen) atoms. The summed E-state index contributed by atoms with van der Waals surface area (Å²) in [7, 11) is 0. The predicted molar refractivity (Wildman–Crippen MR) is 61.1 cm³/mol. The Bertz CT molecular complexity index is 315. The fourth-order valence-corrected chi connectivity index (χ4v) is 1.43. The van der Waals surface area contributed by atoms with Crippen molar-refractivity contribution in [1.29, 1.82) is 0 Å². The second kappa shape index (κ2) is 5.95. The highest BCUT2D eigenvalue weighted by molar-refractivity contribution is 6.32. The first-order valence-electron chi connectivity index (χ1n) is 4.96. The molecule has 0 bridgehead atoms. The number of para-hydroxylation sites is 1. The molecular weight excluding hydrogens is 214 g/mol. The van der Waals surface area contributed by atoms with Crippen LogP contribution < -0.4 is 5.32 Å². The molecule has 0 amide bonds. The molecule has 0 aliphatic carbocycles. The van der Waals surface area contributed by atoms with Crippen LogP contribution in [0.15, 0.2) is 18.2 Å². The van der Waals surface area contributed by atoms with Gasteiger partial charge in [0.25, 0.3) is 0 Å². The highest BCUT2D eigenvalue weighted by Crippen LogP contribution is 2.26. The van der Waals surface area contributed by atoms with Crippen molar-refractivity contribution in [3.8, 4) is 5.75 Å². The Morgan fingerprint density at radius 3 is 2.87 bits per heavy atom. The van der Waals surface area contributed by atoms with Gasteiger partial charge in [-0.25, -0.2) is 0 Å². The highest BCUT2D eigenvalue weighted by Gasteiger charge is 2.04. The van der Waals surface area contributed by atoms with Crippen LogP contribution in [0.1, 0.15) is 18.9 Å². The normalized spacial score (nSPS) is 12.7. The maximum Gasteiger partial charge on any atom is 0.138 e. The lowest BCUT2D eigenvalue weighted by atomic mass is 10.2. The highest BCUT2D eigenvalue weighted by atomic mass is 35.5. The molecule has 0 radical (unpaired) electrons. The van der Waals surface area contributed by atoms with Gasteiger partial charge in [0.05, 0.1) is 11.1 Å². The second-order valence-electron chi connectivity index (χ2n) is 3.56. The van der Waals surface area contributed by atoms with Gasteiger partial charge >= 0.3 is 0 Å². The summed E-state index contributed by atoms with van der Waals surface area (Å²) < 4.78 is 0. The third-order valence-electron chi connectivity index (χ3n) is 2.12. The number of phenolic OH excluding ortho intramolecular Hbond substituents is 1. The van der Waals surface area contributed by atoms with Crippen LogP contribution in [0, 0.1) is 0 Å². The van der Waals surface area contributed by atoms with Gasteiger partial charge in [0, 0.05) is 12.1 Å². The SMILES string of the molecule is CC(O)CCNCc1cccc(Cl)c1O. The Kier molecular flexibility index (Phi) is 4.88. The van der Waals surface area contributed by atoms with Crippen LogP contribution in [-0.4, -0.2) is 22.9 Å². The number of nitrogens with one attached hydrogen (secondary N) is 1. The molecular formula is C11H16ClNO2. The van der Waals surface area contributed by atoms with Gasteiger partial charge in [0.2, 0.25) is 0 Å². The molecule has 0 aliphatic rings. The lowest BCUT2D eigenvalue weighted by Gasteiger charge is -2.08. The second-order valence-corrected chi connectivity index (χ2v) is 3.97. The van der Waals surface area contributed by atoms with Gasteiger partial charge in [0.15, 0.2) is 0 Å². The van der Waals surface area contributed by atoms with Crippen LogP contribution in [0.2, 0.25) is 5.02 Å². The summed E-state index contributed by atoms with van der Waals surface area (Å²) in [5, 5.41) is 22.1. The molecule has 0 aromatic heterocycles. The van der Waals surface area contributed by atoms with E-state index >= 15 is 0 Å². The average molecular weight is 230 g/mol. The molecule has 1 unspecified atom stereocenters. The lowest BCUT2D eigenvalue weighted by molar-refractivity contribution is 0.183. The number of halogens is 1. The van der Waals surface area contributed by atoms with Gasteiger partial charge in [-0.2, -0.15) is 0 Å². The monoisotopic (exact) mass is 229 g/mol. The van der Waals surface area contributed by atoms with E-state index in [1.807, 2.05) is 6.07 Å². The van der Waals surface area contributed by atoms with E-state index in [-0.39, 0.29) is 11.9 Å². The number of hydrogen-bond donors (Lipinski definition) is 3. The zero-order valence-corrected chi connectivity index (χ0v) is 9.46. The number of aliphatic hydroxyl groups excluding tert-OH is 1. The molecule has 0 saturated heterocycles. The maximum absolute atomic E-state index is 9.58. The summed E-state index contributed by atoms with van der Waals surface area (Å²) >= 11 is 5.76. The van der Waals surface area contributed by atoms with E-state index in [1.165, 1.54) is 0 Å². The van der Waals surface area contributed by atoms with Crippen molar-refractivity contribution in [2.75, 3.05) is 6.54 Å². The average Bonchev–Trinajstić information content (AvgIpc) is 2.18. The van der Waals surface area contributed by atoms with Crippen LogP contribution >= 0.6 is 11.6 Å². The standard InChI is InChI=1S/C11H16ClNO2/c1-8(14)5-6-13-7-9-3-2-4-10(12)11(9)15/h2-4,8,13-15H,5-7H2,1H3. The maximum atomic E-state index is 9.58. The number of hydrogen-bond acceptors (Lipinski definition) is 3. The molecule has 0 spiro atoms. The van der Waals surface area contributed by atoms with E-state index in [4.69, 9.17) is 16.7 Å². The third kappa shape index (κ3) is 4.08. The lowest BCUT2D eigenvalue weighted by Crippen LogP contribution is -2.18.